The van der Waals surface area contributed by atoms with Crippen molar-refractivity contribution in [2.45, 2.75) is 26.8 Å². The molecule has 0 amide bonds. The van der Waals surface area contributed by atoms with Gasteiger partial charge in [-0.2, -0.15) is 4.98 Å². The molecular weight excluding hydrogens is 328 g/mol. The van der Waals surface area contributed by atoms with E-state index in [9.17, 15) is 0 Å². The largest absolute Gasteiger partial charge is 0.355 e. The zero-order valence-corrected chi connectivity index (χ0v) is 14.3. The first kappa shape index (κ1) is 15.8. The molecule has 0 radical (unpaired) electrons. The van der Waals surface area contributed by atoms with E-state index in [4.69, 9.17) is 0 Å². The maximum Gasteiger partial charge on any atom is 0.224 e. The van der Waals surface area contributed by atoms with Crippen molar-refractivity contribution in [3.05, 3.63) is 46.1 Å². The molecule has 21 heavy (non-hydrogen) atoms. The summed E-state index contributed by atoms with van der Waals surface area (Å²) in [7, 11) is 2.06. The number of hydrogen-bond acceptors (Lipinski definition) is 4. The predicted octanol–water partition coefficient (Wildman–Crippen LogP) is 4.01. The Balaban J connectivity index is 2.15. The van der Waals surface area contributed by atoms with Gasteiger partial charge in [0.15, 0.2) is 0 Å². The summed E-state index contributed by atoms with van der Waals surface area (Å²) in [4.78, 5) is 11.1. The van der Waals surface area contributed by atoms with E-state index >= 15 is 0 Å². The fourth-order valence-electron chi connectivity index (χ4n) is 2.13. The average molecular weight is 349 g/mol. The Bertz CT molecular complexity index is 601. The monoisotopic (exact) mass is 348 g/mol. The van der Waals surface area contributed by atoms with E-state index in [1.807, 2.05) is 25.3 Å². The molecule has 112 valence electrons. The molecule has 0 fully saturated rings. The molecule has 0 saturated heterocycles. The summed E-state index contributed by atoms with van der Waals surface area (Å²) in [6, 6.07) is 8.33. The number of benzene rings is 1. The van der Waals surface area contributed by atoms with E-state index in [-0.39, 0.29) is 0 Å². The van der Waals surface area contributed by atoms with E-state index in [2.05, 4.69) is 62.2 Å². The number of hydrogen-bond donors (Lipinski definition) is 1. The van der Waals surface area contributed by atoms with E-state index in [0.29, 0.717) is 5.95 Å². The Labute approximate surface area is 134 Å². The minimum Gasteiger partial charge on any atom is -0.355 e. The van der Waals surface area contributed by atoms with Gasteiger partial charge in [-0.25, -0.2) is 4.98 Å². The molecule has 1 aromatic carbocycles. The molecule has 0 aliphatic rings. The topological polar surface area (TPSA) is 41.1 Å². The second-order valence-electron chi connectivity index (χ2n) is 5.11. The fourth-order valence-corrected chi connectivity index (χ4v) is 2.57. The predicted molar refractivity (Wildman–Crippen MR) is 91.8 cm³/mol. The van der Waals surface area contributed by atoms with Crippen molar-refractivity contribution in [3.8, 4) is 0 Å². The van der Waals surface area contributed by atoms with Gasteiger partial charge in [-0.05, 0) is 31.0 Å². The van der Waals surface area contributed by atoms with Gasteiger partial charge in [0.05, 0.1) is 0 Å². The van der Waals surface area contributed by atoms with Crippen LogP contribution in [0, 0.1) is 6.92 Å². The Morgan fingerprint density at radius 3 is 2.86 bits per heavy atom. The number of anilines is 2. The number of aryl methyl sites for hydroxylation is 1. The van der Waals surface area contributed by atoms with Crippen molar-refractivity contribution in [1.29, 1.82) is 0 Å². The molecule has 1 heterocycles. The summed E-state index contributed by atoms with van der Waals surface area (Å²) < 4.78 is 1.10. The van der Waals surface area contributed by atoms with Gasteiger partial charge in [0, 0.05) is 36.4 Å². The lowest BCUT2D eigenvalue weighted by molar-refractivity contribution is 0.875. The molecule has 5 heteroatoms. The van der Waals surface area contributed by atoms with Gasteiger partial charge in [0.1, 0.15) is 5.82 Å². The highest BCUT2D eigenvalue weighted by Gasteiger charge is 2.09. The number of aromatic nitrogens is 2. The minimum absolute atomic E-state index is 0.693. The first-order valence-corrected chi connectivity index (χ1v) is 7.92. The Morgan fingerprint density at radius 1 is 1.33 bits per heavy atom. The van der Waals surface area contributed by atoms with Crippen molar-refractivity contribution < 1.29 is 0 Å². The summed E-state index contributed by atoms with van der Waals surface area (Å²) in [5.41, 5.74) is 2.32. The van der Waals surface area contributed by atoms with Crippen LogP contribution < -0.4 is 10.2 Å². The normalized spacial score (nSPS) is 10.5. The lowest BCUT2D eigenvalue weighted by Crippen LogP contribution is -2.20. The highest BCUT2D eigenvalue weighted by atomic mass is 79.9. The van der Waals surface area contributed by atoms with Crippen molar-refractivity contribution in [2.75, 3.05) is 23.8 Å². The Kier molecular flexibility index (Phi) is 5.56. The first-order chi connectivity index (χ1) is 10.1. The average Bonchev–Trinajstić information content (AvgIpc) is 2.46. The third kappa shape index (κ3) is 4.43. The highest BCUT2D eigenvalue weighted by molar-refractivity contribution is 9.10. The SMILES string of the molecule is CCCNc1ncc(C)c(N(C)Cc2cccc(Br)c2)n1. The second-order valence-corrected chi connectivity index (χ2v) is 6.03. The number of nitrogens with one attached hydrogen (secondary N) is 1. The van der Waals surface area contributed by atoms with Crippen LogP contribution in [0.25, 0.3) is 0 Å². The molecule has 0 aliphatic carbocycles. The van der Waals surface area contributed by atoms with Gasteiger partial charge in [0.2, 0.25) is 5.95 Å². The molecule has 4 nitrogen and oxygen atoms in total. The minimum atomic E-state index is 0.693. The number of nitrogens with zero attached hydrogens (tertiary/aromatic N) is 3. The van der Waals surface area contributed by atoms with Crippen LogP contribution >= 0.6 is 15.9 Å². The lowest BCUT2D eigenvalue weighted by atomic mass is 10.2. The molecular formula is C16H21BrN4. The molecule has 0 aliphatic heterocycles. The molecule has 2 aromatic rings. The fraction of sp³-hybridized carbons (Fsp3) is 0.375. The van der Waals surface area contributed by atoms with E-state index in [1.54, 1.807) is 0 Å². The van der Waals surface area contributed by atoms with Crippen molar-refractivity contribution in [3.63, 3.8) is 0 Å². The number of rotatable bonds is 6. The quantitative estimate of drug-likeness (QED) is 0.856. The van der Waals surface area contributed by atoms with Crippen LogP contribution in [-0.4, -0.2) is 23.6 Å². The summed E-state index contributed by atoms with van der Waals surface area (Å²) in [5.74, 6) is 1.65. The summed E-state index contributed by atoms with van der Waals surface area (Å²) in [6.45, 7) is 5.86. The van der Waals surface area contributed by atoms with Gasteiger partial charge in [-0.15, -0.1) is 0 Å². The summed E-state index contributed by atoms with van der Waals surface area (Å²) in [5, 5.41) is 3.23. The molecule has 0 saturated carbocycles. The van der Waals surface area contributed by atoms with Crippen LogP contribution in [0.1, 0.15) is 24.5 Å². The highest BCUT2D eigenvalue weighted by Crippen LogP contribution is 2.20. The van der Waals surface area contributed by atoms with Gasteiger partial charge in [-0.1, -0.05) is 35.0 Å². The van der Waals surface area contributed by atoms with Crippen LogP contribution in [0.4, 0.5) is 11.8 Å². The van der Waals surface area contributed by atoms with Crippen LogP contribution in [0.2, 0.25) is 0 Å². The van der Waals surface area contributed by atoms with Crippen molar-refractivity contribution in [2.24, 2.45) is 0 Å². The standard InChI is InChI=1S/C16H21BrN4/c1-4-8-18-16-19-10-12(2)15(20-16)21(3)11-13-6-5-7-14(17)9-13/h5-7,9-10H,4,8,11H2,1-3H3,(H,18,19,20). The summed E-state index contributed by atoms with van der Waals surface area (Å²) in [6.07, 6.45) is 2.93. The molecule has 2 rings (SSSR count). The van der Waals surface area contributed by atoms with E-state index < -0.39 is 0 Å². The molecule has 0 unspecified atom stereocenters. The first-order valence-electron chi connectivity index (χ1n) is 7.13. The zero-order valence-electron chi connectivity index (χ0n) is 12.7. The summed E-state index contributed by atoms with van der Waals surface area (Å²) >= 11 is 3.51. The molecule has 0 atom stereocenters. The smallest absolute Gasteiger partial charge is 0.224 e. The Hall–Kier alpha value is -1.62. The number of halogens is 1. The maximum absolute atomic E-state index is 4.62. The van der Waals surface area contributed by atoms with Crippen molar-refractivity contribution in [1.82, 2.24) is 9.97 Å². The molecule has 1 N–H and O–H groups in total. The third-order valence-corrected chi connectivity index (χ3v) is 3.64. The molecule has 1 aromatic heterocycles. The van der Waals surface area contributed by atoms with Crippen LogP contribution in [0.5, 0.6) is 0 Å². The van der Waals surface area contributed by atoms with Crippen molar-refractivity contribution >= 4 is 27.7 Å². The van der Waals surface area contributed by atoms with Crippen LogP contribution in [-0.2, 0) is 6.54 Å². The van der Waals surface area contributed by atoms with Crippen LogP contribution in [0.15, 0.2) is 34.9 Å². The van der Waals surface area contributed by atoms with Gasteiger partial charge in [-0.3, -0.25) is 0 Å². The third-order valence-electron chi connectivity index (χ3n) is 3.15. The van der Waals surface area contributed by atoms with Gasteiger partial charge in [0.25, 0.3) is 0 Å². The van der Waals surface area contributed by atoms with E-state index in [0.717, 1.165) is 35.4 Å². The maximum atomic E-state index is 4.62. The molecule has 0 spiro atoms. The lowest BCUT2D eigenvalue weighted by Gasteiger charge is -2.21. The Morgan fingerprint density at radius 2 is 2.14 bits per heavy atom. The van der Waals surface area contributed by atoms with E-state index in [1.165, 1.54) is 5.56 Å². The van der Waals surface area contributed by atoms with Crippen LogP contribution in [0.3, 0.4) is 0 Å². The zero-order chi connectivity index (χ0) is 15.2. The second kappa shape index (κ2) is 7.41. The van der Waals surface area contributed by atoms with Gasteiger partial charge >= 0.3 is 0 Å². The molecule has 0 bridgehead atoms. The van der Waals surface area contributed by atoms with Gasteiger partial charge < -0.3 is 10.2 Å².